The van der Waals surface area contributed by atoms with Gasteiger partial charge in [-0.2, -0.15) is 0 Å². The Balaban J connectivity index is 2.57. The van der Waals surface area contributed by atoms with Gasteiger partial charge in [0, 0.05) is 12.1 Å². The quantitative estimate of drug-likeness (QED) is 0.280. The van der Waals surface area contributed by atoms with Crippen molar-refractivity contribution >= 4 is 34.2 Å². The molecule has 0 aliphatic carbocycles. The first-order chi connectivity index (χ1) is 7.13. The zero-order chi connectivity index (χ0) is 11.3. The van der Waals surface area contributed by atoms with E-state index in [1.165, 1.54) is 12.1 Å². The first kappa shape index (κ1) is 11.9. The average Bonchev–Trinajstić information content (AvgIpc) is 2.26. The van der Waals surface area contributed by atoms with Crippen LogP contribution >= 0.6 is 22.6 Å². The Morgan fingerprint density at radius 2 is 2.00 bits per heavy atom. The van der Waals surface area contributed by atoms with Gasteiger partial charge in [0.25, 0.3) is 5.69 Å². The summed E-state index contributed by atoms with van der Waals surface area (Å²) in [6, 6.07) is 5.90. The Bertz CT molecular complexity index is 363. The largest absolute Gasteiger partial charge is 0.460 e. The number of nitro benzene ring substituents is 1. The summed E-state index contributed by atoms with van der Waals surface area (Å²) >= 11 is 1.91. The van der Waals surface area contributed by atoms with Crippen LogP contribution in [-0.4, -0.2) is 15.3 Å². The highest BCUT2D eigenvalue weighted by Gasteiger charge is 2.05. The first-order valence-corrected chi connectivity index (χ1v) is 5.61. The molecule has 0 saturated carbocycles. The molecule has 6 heteroatoms. The van der Waals surface area contributed by atoms with Crippen molar-refractivity contribution < 1.29 is 14.5 Å². The van der Waals surface area contributed by atoms with Gasteiger partial charge in [0.2, 0.25) is 0 Å². The van der Waals surface area contributed by atoms with Crippen LogP contribution in [0.25, 0.3) is 0 Å². The lowest BCUT2D eigenvalue weighted by molar-refractivity contribution is -0.384. The molecule has 80 valence electrons. The molecule has 15 heavy (non-hydrogen) atoms. The highest BCUT2D eigenvalue weighted by atomic mass is 127. The van der Waals surface area contributed by atoms with E-state index in [1.807, 2.05) is 22.6 Å². The van der Waals surface area contributed by atoms with E-state index in [0.29, 0.717) is 4.43 Å². The number of non-ortho nitro benzene ring substituents is 1. The highest BCUT2D eigenvalue weighted by molar-refractivity contribution is 14.1. The fraction of sp³-hybridized carbons (Fsp3) is 0.222. The molecule has 0 N–H and O–H groups in total. The van der Waals surface area contributed by atoms with Gasteiger partial charge in [-0.3, -0.25) is 14.9 Å². The molecule has 0 aliphatic heterocycles. The molecule has 0 saturated heterocycles. The number of halogens is 1. The summed E-state index contributed by atoms with van der Waals surface area (Å²) < 4.78 is 5.16. The molecular weight excluding hydrogens is 313 g/mol. The molecule has 0 radical (unpaired) electrons. The number of hydrogen-bond acceptors (Lipinski definition) is 4. The fourth-order valence-corrected chi connectivity index (χ4v) is 1.14. The molecule has 1 rings (SSSR count). The number of nitrogens with zero attached hydrogens (tertiary/aromatic N) is 1. The number of alkyl halides is 1. The van der Waals surface area contributed by atoms with Gasteiger partial charge in [-0.05, 0) is 17.7 Å². The molecular formula is C9H8INO4. The van der Waals surface area contributed by atoms with Gasteiger partial charge in [0.1, 0.15) is 6.61 Å². The summed E-state index contributed by atoms with van der Waals surface area (Å²) in [6.45, 7) is 0.153. The number of nitro groups is 1. The van der Waals surface area contributed by atoms with Gasteiger partial charge < -0.3 is 4.74 Å². The smallest absolute Gasteiger partial charge is 0.316 e. The second-order valence-electron chi connectivity index (χ2n) is 2.72. The molecule has 0 amide bonds. The van der Waals surface area contributed by atoms with E-state index in [9.17, 15) is 14.9 Å². The Morgan fingerprint density at radius 3 is 2.47 bits per heavy atom. The molecule has 0 aromatic heterocycles. The van der Waals surface area contributed by atoms with Gasteiger partial charge in [0.15, 0.2) is 0 Å². The van der Waals surface area contributed by atoms with Crippen molar-refractivity contribution in [1.82, 2.24) is 0 Å². The van der Waals surface area contributed by atoms with Gasteiger partial charge in [-0.25, -0.2) is 0 Å². The molecule has 0 atom stereocenters. The van der Waals surface area contributed by atoms with Crippen LogP contribution in [0.3, 0.4) is 0 Å². The summed E-state index contributed by atoms with van der Waals surface area (Å²) in [5, 5.41) is 10.3. The van der Waals surface area contributed by atoms with Crippen LogP contribution in [0.5, 0.6) is 0 Å². The van der Waals surface area contributed by atoms with Gasteiger partial charge in [-0.1, -0.05) is 22.6 Å². The number of esters is 1. The second kappa shape index (κ2) is 5.64. The first-order valence-electron chi connectivity index (χ1n) is 4.08. The van der Waals surface area contributed by atoms with Crippen LogP contribution in [0.15, 0.2) is 24.3 Å². The molecule has 0 aliphatic rings. The minimum absolute atomic E-state index is 0.0268. The maximum absolute atomic E-state index is 10.8. The van der Waals surface area contributed by atoms with E-state index >= 15 is 0 Å². The standard InChI is InChI=1S/C9H8INO4/c10-5-9(12)15-6-7-1-3-8(4-2-7)11(13)14/h1-4H,5-6H2. The monoisotopic (exact) mass is 321 g/mol. The number of rotatable bonds is 4. The lowest BCUT2D eigenvalue weighted by Gasteiger charge is -2.02. The van der Waals surface area contributed by atoms with Crippen molar-refractivity contribution in [3.63, 3.8) is 0 Å². The van der Waals surface area contributed by atoms with Crippen LogP contribution in [0, 0.1) is 10.1 Å². The maximum atomic E-state index is 10.8. The van der Waals surface area contributed by atoms with E-state index in [1.54, 1.807) is 12.1 Å². The summed E-state index contributed by atoms with van der Waals surface area (Å²) in [5.41, 5.74) is 0.762. The van der Waals surface area contributed by atoms with E-state index < -0.39 is 4.92 Å². The molecule has 0 unspecified atom stereocenters. The van der Waals surface area contributed by atoms with Crippen LogP contribution in [-0.2, 0) is 16.1 Å². The van der Waals surface area contributed by atoms with Crippen LogP contribution in [0.1, 0.15) is 5.56 Å². The minimum atomic E-state index is -0.472. The number of hydrogen-bond donors (Lipinski definition) is 0. The Morgan fingerprint density at radius 1 is 1.40 bits per heavy atom. The molecule has 1 aromatic rings. The average molecular weight is 321 g/mol. The summed E-state index contributed by atoms with van der Waals surface area (Å²) in [4.78, 5) is 20.7. The normalized spacial score (nSPS) is 9.67. The van der Waals surface area contributed by atoms with E-state index in [0.717, 1.165) is 5.56 Å². The lowest BCUT2D eigenvalue weighted by Crippen LogP contribution is -2.04. The van der Waals surface area contributed by atoms with Crippen LogP contribution in [0.4, 0.5) is 5.69 Å². The molecule has 0 heterocycles. The van der Waals surface area contributed by atoms with Gasteiger partial charge in [-0.15, -0.1) is 0 Å². The third-order valence-corrected chi connectivity index (χ3v) is 2.28. The van der Waals surface area contributed by atoms with Gasteiger partial charge >= 0.3 is 5.97 Å². The fourth-order valence-electron chi connectivity index (χ4n) is 0.916. The third-order valence-electron chi connectivity index (χ3n) is 1.66. The minimum Gasteiger partial charge on any atom is -0.460 e. The summed E-state index contributed by atoms with van der Waals surface area (Å²) in [5.74, 6) is -0.297. The Hall–Kier alpha value is -1.18. The van der Waals surface area contributed by atoms with Crippen molar-refractivity contribution in [3.8, 4) is 0 Å². The zero-order valence-corrected chi connectivity index (χ0v) is 9.84. The number of benzene rings is 1. The highest BCUT2D eigenvalue weighted by Crippen LogP contribution is 2.12. The van der Waals surface area contributed by atoms with Gasteiger partial charge in [0.05, 0.1) is 9.35 Å². The van der Waals surface area contributed by atoms with Crippen LogP contribution in [0.2, 0.25) is 0 Å². The predicted molar refractivity (Wildman–Crippen MR) is 61.8 cm³/mol. The summed E-state index contributed by atoms with van der Waals surface area (Å²) in [6.07, 6.45) is 0. The van der Waals surface area contributed by atoms with Crippen molar-refractivity contribution in [2.75, 3.05) is 4.43 Å². The second-order valence-corrected chi connectivity index (χ2v) is 3.48. The van der Waals surface area contributed by atoms with Crippen LogP contribution < -0.4 is 0 Å². The predicted octanol–water partition coefficient (Wildman–Crippen LogP) is 2.07. The molecule has 0 fully saturated rings. The SMILES string of the molecule is O=C(CI)OCc1ccc([N+](=O)[O-])cc1. The van der Waals surface area contributed by atoms with E-state index in [-0.39, 0.29) is 18.3 Å². The van der Waals surface area contributed by atoms with Crippen molar-refractivity contribution in [3.05, 3.63) is 39.9 Å². The van der Waals surface area contributed by atoms with Crippen molar-refractivity contribution in [2.24, 2.45) is 0 Å². The zero-order valence-electron chi connectivity index (χ0n) is 7.68. The molecule has 0 spiro atoms. The maximum Gasteiger partial charge on any atom is 0.316 e. The number of carbonyl (C=O) groups excluding carboxylic acids is 1. The molecule has 5 nitrogen and oxygen atoms in total. The Kier molecular flexibility index (Phi) is 4.47. The molecule has 1 aromatic carbocycles. The number of carbonyl (C=O) groups is 1. The molecule has 0 bridgehead atoms. The van der Waals surface area contributed by atoms with E-state index in [4.69, 9.17) is 4.74 Å². The third kappa shape index (κ3) is 3.82. The number of ether oxygens (including phenoxy) is 1. The Labute approximate surface area is 99.7 Å². The van der Waals surface area contributed by atoms with E-state index in [2.05, 4.69) is 0 Å². The summed E-state index contributed by atoms with van der Waals surface area (Å²) in [7, 11) is 0. The van der Waals surface area contributed by atoms with Crippen molar-refractivity contribution in [1.29, 1.82) is 0 Å². The van der Waals surface area contributed by atoms with Crippen molar-refractivity contribution in [2.45, 2.75) is 6.61 Å². The lowest BCUT2D eigenvalue weighted by atomic mass is 10.2. The topological polar surface area (TPSA) is 69.4 Å².